The summed E-state index contributed by atoms with van der Waals surface area (Å²) in [5, 5.41) is 18.4. The normalized spacial score (nSPS) is 10.7. The molecule has 0 bridgehead atoms. The maximum Gasteiger partial charge on any atom is 0.335 e. The van der Waals surface area contributed by atoms with E-state index in [0.717, 1.165) is 16.6 Å². The number of aromatic amines is 1. The van der Waals surface area contributed by atoms with E-state index < -0.39 is 5.97 Å². The molecule has 0 aliphatic rings. The predicted octanol–water partition coefficient (Wildman–Crippen LogP) is 1.20. The molecule has 15 heavy (non-hydrogen) atoms. The highest BCUT2D eigenvalue weighted by Crippen LogP contribution is 2.16. The van der Waals surface area contributed by atoms with Crippen molar-refractivity contribution in [2.75, 3.05) is 6.61 Å². The number of aliphatic hydroxyl groups is 1. The van der Waals surface area contributed by atoms with Gasteiger partial charge in [-0.3, -0.25) is 0 Å². The van der Waals surface area contributed by atoms with Crippen LogP contribution in [0.25, 0.3) is 10.9 Å². The Hall–Kier alpha value is -1.81. The molecular weight excluding hydrogens is 194 g/mol. The molecule has 1 aromatic heterocycles. The highest BCUT2D eigenvalue weighted by atomic mass is 16.4. The number of aromatic carboxylic acids is 1. The van der Waals surface area contributed by atoms with Gasteiger partial charge in [-0.05, 0) is 12.1 Å². The Kier molecular flexibility index (Phi) is 2.43. The Labute approximate surface area is 86.2 Å². The van der Waals surface area contributed by atoms with Gasteiger partial charge in [0.1, 0.15) is 0 Å². The standard InChI is InChI=1S/C11H10NO3/c13-4-3-9-5-7-1-2-8(11(14)15)6-10(7)12-9/h1-2,6,12-13H,3-4H2,(H,14,15). The quantitative estimate of drug-likeness (QED) is 0.703. The smallest absolute Gasteiger partial charge is 0.335 e. The molecule has 0 unspecified atom stereocenters. The van der Waals surface area contributed by atoms with Gasteiger partial charge in [-0.25, -0.2) is 4.79 Å². The van der Waals surface area contributed by atoms with Gasteiger partial charge in [0, 0.05) is 35.7 Å². The molecule has 3 N–H and O–H groups in total. The van der Waals surface area contributed by atoms with E-state index in [2.05, 4.69) is 11.1 Å². The van der Waals surface area contributed by atoms with E-state index in [9.17, 15) is 4.79 Å². The molecule has 0 saturated carbocycles. The zero-order valence-corrected chi connectivity index (χ0v) is 7.95. The number of aromatic nitrogens is 1. The second-order valence-corrected chi connectivity index (χ2v) is 3.27. The fourth-order valence-electron chi connectivity index (χ4n) is 1.48. The maximum atomic E-state index is 10.7. The number of hydrogen-bond acceptors (Lipinski definition) is 2. The number of carboxylic acids is 1. The Morgan fingerprint density at radius 2 is 2.27 bits per heavy atom. The lowest BCUT2D eigenvalue weighted by Gasteiger charge is -1.93. The van der Waals surface area contributed by atoms with Gasteiger partial charge in [0.15, 0.2) is 0 Å². The fourth-order valence-corrected chi connectivity index (χ4v) is 1.48. The first-order valence-electron chi connectivity index (χ1n) is 4.59. The minimum atomic E-state index is -0.949. The lowest BCUT2D eigenvalue weighted by molar-refractivity contribution is 0.0697. The summed E-state index contributed by atoms with van der Waals surface area (Å²) in [5.41, 5.74) is 1.77. The number of rotatable bonds is 3. The van der Waals surface area contributed by atoms with Crippen LogP contribution in [0.5, 0.6) is 0 Å². The van der Waals surface area contributed by atoms with Crippen LogP contribution in [0.15, 0.2) is 18.2 Å². The van der Waals surface area contributed by atoms with Crippen LogP contribution in [0.3, 0.4) is 0 Å². The molecule has 0 fully saturated rings. The van der Waals surface area contributed by atoms with E-state index in [4.69, 9.17) is 10.2 Å². The molecule has 2 rings (SSSR count). The first-order valence-corrected chi connectivity index (χ1v) is 4.59. The summed E-state index contributed by atoms with van der Waals surface area (Å²) in [6, 6.07) is 7.86. The average molecular weight is 204 g/mol. The monoisotopic (exact) mass is 204 g/mol. The van der Waals surface area contributed by atoms with E-state index in [1.54, 1.807) is 12.1 Å². The van der Waals surface area contributed by atoms with Crippen molar-refractivity contribution >= 4 is 16.9 Å². The predicted molar refractivity (Wildman–Crippen MR) is 54.9 cm³/mol. The number of hydrogen-bond donors (Lipinski definition) is 3. The molecule has 0 saturated heterocycles. The van der Waals surface area contributed by atoms with Crippen molar-refractivity contribution in [2.24, 2.45) is 0 Å². The molecule has 0 amide bonds. The summed E-state index contributed by atoms with van der Waals surface area (Å²) >= 11 is 0. The van der Waals surface area contributed by atoms with Gasteiger partial charge in [-0.1, -0.05) is 6.07 Å². The zero-order valence-electron chi connectivity index (χ0n) is 7.95. The van der Waals surface area contributed by atoms with Crippen LogP contribution < -0.4 is 0 Å². The summed E-state index contributed by atoms with van der Waals surface area (Å²) in [4.78, 5) is 13.7. The van der Waals surface area contributed by atoms with Crippen LogP contribution in [0, 0.1) is 6.07 Å². The minimum absolute atomic E-state index is 0.0507. The van der Waals surface area contributed by atoms with Crippen molar-refractivity contribution in [3.8, 4) is 0 Å². The summed E-state index contributed by atoms with van der Waals surface area (Å²) in [5.74, 6) is -0.949. The fraction of sp³-hybridized carbons (Fsp3) is 0.182. The van der Waals surface area contributed by atoms with E-state index in [-0.39, 0.29) is 12.2 Å². The van der Waals surface area contributed by atoms with Gasteiger partial charge in [0.2, 0.25) is 0 Å². The van der Waals surface area contributed by atoms with Gasteiger partial charge in [-0.15, -0.1) is 0 Å². The molecule has 0 atom stereocenters. The van der Waals surface area contributed by atoms with E-state index >= 15 is 0 Å². The third kappa shape index (κ3) is 1.85. The Balaban J connectivity index is 2.47. The molecule has 4 nitrogen and oxygen atoms in total. The van der Waals surface area contributed by atoms with Gasteiger partial charge in [0.25, 0.3) is 0 Å². The van der Waals surface area contributed by atoms with Crippen LogP contribution >= 0.6 is 0 Å². The Morgan fingerprint density at radius 1 is 1.47 bits per heavy atom. The molecule has 0 aliphatic heterocycles. The van der Waals surface area contributed by atoms with Gasteiger partial charge >= 0.3 is 5.97 Å². The molecule has 1 radical (unpaired) electrons. The summed E-state index contributed by atoms with van der Waals surface area (Å²) in [6.07, 6.45) is 0.497. The number of benzene rings is 1. The topological polar surface area (TPSA) is 73.3 Å². The molecule has 1 heterocycles. The number of carboxylic acid groups (broad SMARTS) is 1. The van der Waals surface area contributed by atoms with Gasteiger partial charge in [-0.2, -0.15) is 0 Å². The maximum absolute atomic E-state index is 10.7. The summed E-state index contributed by atoms with van der Waals surface area (Å²) in [6.45, 7) is 0.0507. The Bertz CT molecular complexity index is 502. The van der Waals surface area contributed by atoms with Crippen molar-refractivity contribution in [3.63, 3.8) is 0 Å². The minimum Gasteiger partial charge on any atom is -0.478 e. The van der Waals surface area contributed by atoms with Crippen LogP contribution in [-0.2, 0) is 6.42 Å². The van der Waals surface area contributed by atoms with E-state index in [0.29, 0.717) is 6.42 Å². The van der Waals surface area contributed by atoms with Crippen molar-refractivity contribution in [3.05, 3.63) is 35.5 Å². The average Bonchev–Trinajstić information content (AvgIpc) is 2.59. The van der Waals surface area contributed by atoms with Gasteiger partial charge in [0.05, 0.1) is 5.56 Å². The van der Waals surface area contributed by atoms with E-state index in [1.807, 2.05) is 0 Å². The number of fused-ring (bicyclic) bond motifs is 1. The molecule has 0 spiro atoms. The molecular formula is C11H10NO3. The first kappa shape index (κ1) is 9.73. The number of aliphatic hydroxyl groups excluding tert-OH is 1. The number of nitrogens with one attached hydrogen (secondary N) is 1. The second kappa shape index (κ2) is 3.74. The van der Waals surface area contributed by atoms with Crippen molar-refractivity contribution in [1.29, 1.82) is 0 Å². The second-order valence-electron chi connectivity index (χ2n) is 3.27. The van der Waals surface area contributed by atoms with Crippen LogP contribution in [0.4, 0.5) is 0 Å². The summed E-state index contributed by atoms with van der Waals surface area (Å²) < 4.78 is 0. The van der Waals surface area contributed by atoms with Crippen LogP contribution in [0.1, 0.15) is 16.1 Å². The van der Waals surface area contributed by atoms with Gasteiger partial charge < -0.3 is 15.2 Å². The molecule has 4 heteroatoms. The lowest BCUT2D eigenvalue weighted by atomic mass is 10.1. The summed E-state index contributed by atoms with van der Waals surface area (Å²) in [7, 11) is 0. The third-order valence-electron chi connectivity index (χ3n) is 2.20. The lowest BCUT2D eigenvalue weighted by Crippen LogP contribution is -1.94. The largest absolute Gasteiger partial charge is 0.478 e. The molecule has 0 aliphatic carbocycles. The first-order chi connectivity index (χ1) is 7.20. The van der Waals surface area contributed by atoms with Crippen molar-refractivity contribution < 1.29 is 15.0 Å². The zero-order chi connectivity index (χ0) is 10.8. The highest BCUT2D eigenvalue weighted by molar-refractivity contribution is 5.93. The van der Waals surface area contributed by atoms with Crippen molar-refractivity contribution in [2.45, 2.75) is 6.42 Å². The third-order valence-corrected chi connectivity index (χ3v) is 2.20. The van der Waals surface area contributed by atoms with E-state index in [1.165, 1.54) is 6.07 Å². The SMILES string of the molecule is O=C(O)c1ccc2[c]c(CCO)[nH]c2c1. The Morgan fingerprint density at radius 3 is 2.93 bits per heavy atom. The molecule has 1 aromatic carbocycles. The van der Waals surface area contributed by atoms with Crippen LogP contribution in [0.2, 0.25) is 0 Å². The highest BCUT2D eigenvalue weighted by Gasteiger charge is 2.06. The van der Waals surface area contributed by atoms with Crippen LogP contribution in [-0.4, -0.2) is 27.8 Å². The number of H-pyrrole nitrogens is 1. The van der Waals surface area contributed by atoms with Crippen molar-refractivity contribution in [1.82, 2.24) is 4.98 Å². The number of carbonyl (C=O) groups is 1. The molecule has 77 valence electrons. The molecule has 2 aromatic rings.